The van der Waals surface area contributed by atoms with E-state index in [-0.39, 0.29) is 6.61 Å². The molecule has 2 aliphatic carbocycles. The van der Waals surface area contributed by atoms with Gasteiger partial charge < -0.3 is 34.6 Å². The van der Waals surface area contributed by atoms with Crippen molar-refractivity contribution in [2.75, 3.05) is 13.2 Å². The van der Waals surface area contributed by atoms with Gasteiger partial charge in [-0.05, 0) is 12.5 Å². The molecule has 122 valence electrons. The molecule has 1 saturated carbocycles. The van der Waals surface area contributed by atoms with E-state index in [0.29, 0.717) is 12.2 Å². The van der Waals surface area contributed by atoms with Crippen molar-refractivity contribution < 1.29 is 34.6 Å². The van der Waals surface area contributed by atoms with Crippen LogP contribution >= 0.6 is 0 Å². The summed E-state index contributed by atoms with van der Waals surface area (Å²) in [5.41, 5.74) is -2.39. The van der Waals surface area contributed by atoms with Crippen molar-refractivity contribution in [1.29, 1.82) is 0 Å². The highest BCUT2D eigenvalue weighted by molar-refractivity contribution is 5.40. The first-order valence-corrected chi connectivity index (χ1v) is 7.64. The smallest absolute Gasteiger partial charge is 0.215 e. The Morgan fingerprint density at radius 3 is 2.50 bits per heavy atom. The van der Waals surface area contributed by atoms with E-state index >= 15 is 0 Å². The summed E-state index contributed by atoms with van der Waals surface area (Å²) in [5.74, 6) is -1.78. The Bertz CT molecular complexity index is 601. The van der Waals surface area contributed by atoms with E-state index in [0.717, 1.165) is 0 Å². The standard InChI is InChI=1S/C15H20O7/c1-6-3-7-13(4-21-15(6,19)11(13)18)12(2)9(17)8(16)10(22-7)14(12)5-20-14/h3,7-11,16-19H,4-5H2,1-2H3. The highest BCUT2D eigenvalue weighted by Gasteiger charge is 2.88. The lowest BCUT2D eigenvalue weighted by Gasteiger charge is -2.57. The van der Waals surface area contributed by atoms with E-state index in [4.69, 9.17) is 14.2 Å². The average Bonchev–Trinajstić information content (AvgIpc) is 3.23. The summed E-state index contributed by atoms with van der Waals surface area (Å²) >= 11 is 0. The van der Waals surface area contributed by atoms with Crippen molar-refractivity contribution in [3.63, 3.8) is 0 Å². The average molecular weight is 312 g/mol. The number of hydrogen-bond acceptors (Lipinski definition) is 7. The third-order valence-electron chi connectivity index (χ3n) is 7.14. The molecular weight excluding hydrogens is 292 g/mol. The second kappa shape index (κ2) is 3.44. The van der Waals surface area contributed by atoms with Crippen molar-refractivity contribution >= 4 is 0 Å². The van der Waals surface area contributed by atoms with Crippen LogP contribution in [-0.2, 0) is 14.2 Å². The van der Waals surface area contributed by atoms with Gasteiger partial charge in [-0.25, -0.2) is 0 Å². The van der Waals surface area contributed by atoms with Gasteiger partial charge in [0.2, 0.25) is 5.79 Å². The quantitative estimate of drug-likeness (QED) is 0.311. The maximum atomic E-state index is 10.9. The van der Waals surface area contributed by atoms with Gasteiger partial charge in [0, 0.05) is 5.41 Å². The second-order valence-electron chi connectivity index (χ2n) is 7.57. The molecule has 0 aromatic rings. The predicted octanol–water partition coefficient (Wildman–Crippen LogP) is -1.71. The fraction of sp³-hybridized carbons (Fsp3) is 0.867. The van der Waals surface area contributed by atoms with Crippen molar-refractivity contribution in [2.45, 2.75) is 55.8 Å². The lowest BCUT2D eigenvalue weighted by molar-refractivity contribution is -0.252. The van der Waals surface area contributed by atoms with Gasteiger partial charge in [-0.3, -0.25) is 0 Å². The Kier molecular flexibility index (Phi) is 2.17. The Balaban J connectivity index is 1.79. The van der Waals surface area contributed by atoms with Crippen molar-refractivity contribution in [3.05, 3.63) is 11.6 Å². The number of aliphatic hydroxyl groups excluding tert-OH is 3. The molecule has 3 aliphatic heterocycles. The van der Waals surface area contributed by atoms with E-state index in [9.17, 15) is 20.4 Å². The third-order valence-corrected chi connectivity index (χ3v) is 7.14. The van der Waals surface area contributed by atoms with Crippen LogP contribution < -0.4 is 0 Å². The maximum Gasteiger partial charge on any atom is 0.215 e. The highest BCUT2D eigenvalue weighted by atomic mass is 16.7. The molecule has 2 spiro atoms. The lowest BCUT2D eigenvalue weighted by Crippen LogP contribution is -2.71. The van der Waals surface area contributed by atoms with Gasteiger partial charge in [-0.2, -0.15) is 0 Å². The number of aliphatic hydroxyl groups is 4. The van der Waals surface area contributed by atoms with Crippen LogP contribution in [0.2, 0.25) is 0 Å². The third kappa shape index (κ3) is 0.999. The molecule has 7 heteroatoms. The molecule has 4 fully saturated rings. The molecule has 3 heterocycles. The van der Waals surface area contributed by atoms with Crippen LogP contribution in [0.1, 0.15) is 13.8 Å². The molecule has 4 bridgehead atoms. The fourth-order valence-corrected chi connectivity index (χ4v) is 5.58. The van der Waals surface area contributed by atoms with Crippen LogP contribution in [0, 0.1) is 10.8 Å². The molecule has 9 unspecified atom stereocenters. The number of epoxide rings is 1. The van der Waals surface area contributed by atoms with Crippen LogP contribution in [0.25, 0.3) is 0 Å². The molecule has 5 rings (SSSR count). The molecule has 5 aliphatic rings. The number of rotatable bonds is 0. The van der Waals surface area contributed by atoms with Gasteiger partial charge >= 0.3 is 0 Å². The topological polar surface area (TPSA) is 112 Å². The molecule has 4 N–H and O–H groups in total. The Morgan fingerprint density at radius 2 is 1.86 bits per heavy atom. The second-order valence-corrected chi connectivity index (χ2v) is 7.57. The first-order chi connectivity index (χ1) is 10.3. The summed E-state index contributed by atoms with van der Waals surface area (Å²) < 4.78 is 17.3. The zero-order valence-corrected chi connectivity index (χ0v) is 12.4. The summed E-state index contributed by atoms with van der Waals surface area (Å²) in [6.07, 6.45) is -2.94. The SMILES string of the molecule is CC1=CC2OC3C(O)C(O)C(C)(C34CO4)C23COC1(O)C3O. The van der Waals surface area contributed by atoms with E-state index in [1.54, 1.807) is 19.9 Å². The van der Waals surface area contributed by atoms with E-state index < -0.39 is 52.7 Å². The van der Waals surface area contributed by atoms with Gasteiger partial charge in [-0.15, -0.1) is 0 Å². The zero-order valence-electron chi connectivity index (χ0n) is 12.4. The van der Waals surface area contributed by atoms with Gasteiger partial charge in [0.15, 0.2) is 0 Å². The number of ether oxygens (including phenoxy) is 3. The van der Waals surface area contributed by atoms with Gasteiger partial charge in [-0.1, -0.05) is 13.0 Å². The fourth-order valence-electron chi connectivity index (χ4n) is 5.58. The zero-order chi connectivity index (χ0) is 15.7. The Hall–Kier alpha value is -0.540. The Labute approximate surface area is 127 Å². The molecular formula is C15H20O7. The van der Waals surface area contributed by atoms with E-state index in [1.165, 1.54) is 0 Å². The molecule has 0 amide bonds. The van der Waals surface area contributed by atoms with Crippen LogP contribution in [0.5, 0.6) is 0 Å². The van der Waals surface area contributed by atoms with Crippen LogP contribution in [0.3, 0.4) is 0 Å². The van der Waals surface area contributed by atoms with Gasteiger partial charge in [0.05, 0.1) is 30.8 Å². The molecule has 0 aromatic heterocycles. The minimum atomic E-state index is -1.78. The molecule has 22 heavy (non-hydrogen) atoms. The molecule has 7 nitrogen and oxygen atoms in total. The normalized spacial score (nSPS) is 68.1. The number of hydrogen-bond donors (Lipinski definition) is 4. The first kappa shape index (κ1) is 13.9. The molecule has 3 saturated heterocycles. The lowest BCUT2D eigenvalue weighted by atomic mass is 9.50. The van der Waals surface area contributed by atoms with Crippen LogP contribution in [0.15, 0.2) is 11.6 Å². The minimum absolute atomic E-state index is 0.0291. The van der Waals surface area contributed by atoms with Crippen molar-refractivity contribution in [1.82, 2.24) is 0 Å². The molecule has 0 aromatic carbocycles. The predicted molar refractivity (Wildman–Crippen MR) is 70.6 cm³/mol. The largest absolute Gasteiger partial charge is 0.390 e. The van der Waals surface area contributed by atoms with Crippen LogP contribution in [0.4, 0.5) is 0 Å². The van der Waals surface area contributed by atoms with Gasteiger partial charge in [0.1, 0.15) is 23.9 Å². The summed E-state index contributed by atoms with van der Waals surface area (Å²) in [4.78, 5) is 0. The van der Waals surface area contributed by atoms with E-state index in [1.807, 2.05) is 0 Å². The molecule has 9 atom stereocenters. The summed E-state index contributed by atoms with van der Waals surface area (Å²) in [6, 6.07) is 0. The number of fused-ring (bicyclic) bond motifs is 1. The van der Waals surface area contributed by atoms with Gasteiger partial charge in [0.25, 0.3) is 0 Å². The summed E-state index contributed by atoms with van der Waals surface area (Å²) in [5, 5.41) is 42.8. The van der Waals surface area contributed by atoms with Crippen LogP contribution in [-0.4, -0.2) is 75.5 Å². The van der Waals surface area contributed by atoms with Crippen molar-refractivity contribution in [3.8, 4) is 0 Å². The highest BCUT2D eigenvalue weighted by Crippen LogP contribution is 2.73. The molecule has 0 radical (unpaired) electrons. The van der Waals surface area contributed by atoms with Crippen molar-refractivity contribution in [2.24, 2.45) is 10.8 Å². The summed E-state index contributed by atoms with van der Waals surface area (Å²) in [6.45, 7) is 3.86. The monoisotopic (exact) mass is 312 g/mol. The minimum Gasteiger partial charge on any atom is -0.390 e. The summed E-state index contributed by atoms with van der Waals surface area (Å²) in [7, 11) is 0. The maximum absolute atomic E-state index is 10.9. The Morgan fingerprint density at radius 1 is 1.18 bits per heavy atom. The van der Waals surface area contributed by atoms with E-state index in [2.05, 4.69) is 0 Å². The first-order valence-electron chi connectivity index (χ1n) is 7.64.